The number of amides is 3. The van der Waals surface area contributed by atoms with Crippen LogP contribution in [0.15, 0.2) is 59.3 Å². The fourth-order valence-corrected chi connectivity index (χ4v) is 3.33. The second-order valence-corrected chi connectivity index (χ2v) is 7.15. The van der Waals surface area contributed by atoms with Crippen molar-refractivity contribution in [1.82, 2.24) is 24.9 Å². The van der Waals surface area contributed by atoms with Gasteiger partial charge in [0.1, 0.15) is 18.8 Å². The molecule has 1 aromatic carbocycles. The van der Waals surface area contributed by atoms with Crippen LogP contribution in [0.2, 0.25) is 0 Å². The molecule has 3 aromatic rings. The Morgan fingerprint density at radius 1 is 0.968 bits per heavy atom. The number of hydrogen-bond donors (Lipinski definition) is 0. The predicted octanol–water partition coefficient (Wildman–Crippen LogP) is 1.50. The third-order valence-electron chi connectivity index (χ3n) is 4.99. The molecule has 0 radical (unpaired) electrons. The summed E-state index contributed by atoms with van der Waals surface area (Å²) in [6.07, 6.45) is 2.49. The first-order chi connectivity index (χ1) is 15.1. The molecule has 0 spiro atoms. The normalized spacial score (nSPS) is 14.2. The van der Waals surface area contributed by atoms with E-state index >= 15 is 0 Å². The van der Waals surface area contributed by atoms with E-state index in [1.807, 2.05) is 36.4 Å². The number of carbonyl (C=O) groups excluding carboxylic acids is 3. The van der Waals surface area contributed by atoms with E-state index in [2.05, 4.69) is 15.1 Å². The summed E-state index contributed by atoms with van der Waals surface area (Å²) in [5.74, 6) is -0.387. The molecule has 0 bridgehead atoms. The highest BCUT2D eigenvalue weighted by Gasteiger charge is 2.33. The molecule has 3 heterocycles. The van der Waals surface area contributed by atoms with Gasteiger partial charge in [0.05, 0.1) is 0 Å². The van der Waals surface area contributed by atoms with E-state index in [1.165, 1.54) is 9.80 Å². The van der Waals surface area contributed by atoms with Crippen LogP contribution in [-0.2, 0) is 27.2 Å². The number of hydrogen-bond acceptors (Lipinski definition) is 7. The van der Waals surface area contributed by atoms with Crippen LogP contribution in [0.5, 0.6) is 0 Å². The highest BCUT2D eigenvalue weighted by Crippen LogP contribution is 2.14. The molecule has 0 saturated carbocycles. The van der Waals surface area contributed by atoms with Crippen molar-refractivity contribution >= 4 is 17.7 Å². The Morgan fingerprint density at radius 3 is 2.42 bits per heavy atom. The average molecular weight is 419 g/mol. The zero-order valence-electron chi connectivity index (χ0n) is 16.8. The number of pyridine rings is 1. The second kappa shape index (κ2) is 9.29. The first-order valence-corrected chi connectivity index (χ1v) is 9.99. The van der Waals surface area contributed by atoms with Gasteiger partial charge in [0.15, 0.2) is 0 Å². The molecule has 0 aliphatic carbocycles. The van der Waals surface area contributed by atoms with Gasteiger partial charge in [-0.3, -0.25) is 24.3 Å². The summed E-state index contributed by atoms with van der Waals surface area (Å²) in [6, 6.07) is 15.0. The van der Waals surface area contributed by atoms with E-state index in [0.29, 0.717) is 30.4 Å². The van der Waals surface area contributed by atoms with E-state index < -0.39 is 0 Å². The third kappa shape index (κ3) is 5.00. The van der Waals surface area contributed by atoms with Gasteiger partial charge in [0.25, 0.3) is 0 Å². The van der Waals surface area contributed by atoms with Crippen LogP contribution in [0.4, 0.5) is 0 Å². The molecule has 31 heavy (non-hydrogen) atoms. The summed E-state index contributed by atoms with van der Waals surface area (Å²) in [6.45, 7) is 0.0900. The maximum atomic E-state index is 12.5. The first kappa shape index (κ1) is 20.4. The van der Waals surface area contributed by atoms with Crippen molar-refractivity contribution in [2.45, 2.75) is 19.3 Å². The first-order valence-electron chi connectivity index (χ1n) is 9.99. The minimum atomic E-state index is -0.365. The molecule has 1 aliphatic rings. The SMILES string of the molecule is O=C(CCc1nc(-c2ccccn2)no1)N1CC(=O)N(CCc2ccccc2)C(=O)C1. The maximum absolute atomic E-state index is 12.5. The van der Waals surface area contributed by atoms with Crippen LogP contribution >= 0.6 is 0 Å². The number of aromatic nitrogens is 3. The number of piperazine rings is 1. The van der Waals surface area contributed by atoms with Crippen molar-refractivity contribution in [2.75, 3.05) is 19.6 Å². The van der Waals surface area contributed by atoms with Gasteiger partial charge in [-0.2, -0.15) is 4.98 Å². The topological polar surface area (TPSA) is 110 Å². The smallest absolute Gasteiger partial charge is 0.248 e. The second-order valence-electron chi connectivity index (χ2n) is 7.15. The molecular weight excluding hydrogens is 398 g/mol. The van der Waals surface area contributed by atoms with E-state index in [1.54, 1.807) is 18.3 Å². The minimum absolute atomic E-state index is 0.0639. The highest BCUT2D eigenvalue weighted by atomic mass is 16.5. The number of rotatable bonds is 7. The Hall–Kier alpha value is -3.88. The van der Waals surface area contributed by atoms with E-state index in [-0.39, 0.29) is 43.7 Å². The summed E-state index contributed by atoms with van der Waals surface area (Å²) >= 11 is 0. The highest BCUT2D eigenvalue weighted by molar-refractivity contribution is 6.02. The van der Waals surface area contributed by atoms with E-state index in [4.69, 9.17) is 4.52 Å². The van der Waals surface area contributed by atoms with Gasteiger partial charge < -0.3 is 9.42 Å². The summed E-state index contributed by atoms with van der Waals surface area (Å²) < 4.78 is 5.18. The minimum Gasteiger partial charge on any atom is -0.339 e. The van der Waals surface area contributed by atoms with Crippen LogP contribution < -0.4 is 0 Å². The molecular formula is C22H21N5O4. The Kier molecular flexibility index (Phi) is 6.11. The molecule has 158 valence electrons. The lowest BCUT2D eigenvalue weighted by atomic mass is 10.1. The van der Waals surface area contributed by atoms with Crippen molar-refractivity contribution in [3.8, 4) is 11.5 Å². The molecule has 1 saturated heterocycles. The lowest BCUT2D eigenvalue weighted by molar-refractivity contribution is -0.156. The number of imide groups is 1. The van der Waals surface area contributed by atoms with Gasteiger partial charge in [-0.1, -0.05) is 41.6 Å². The van der Waals surface area contributed by atoms with Crippen molar-refractivity contribution in [1.29, 1.82) is 0 Å². The standard InChI is InChI=1S/C22H21N5O4/c28-19(10-9-18-24-22(25-31-18)17-8-4-5-12-23-17)26-14-20(29)27(21(30)15-26)13-11-16-6-2-1-3-7-16/h1-8,12H,9-11,13-15H2. The van der Waals surface area contributed by atoms with Gasteiger partial charge in [0, 0.05) is 25.6 Å². The summed E-state index contributed by atoms with van der Waals surface area (Å²) in [5.41, 5.74) is 1.62. The van der Waals surface area contributed by atoms with Crippen LogP contribution in [0.3, 0.4) is 0 Å². The quantitative estimate of drug-likeness (QED) is 0.534. The Bertz CT molecular complexity index is 1050. The fraction of sp³-hybridized carbons (Fsp3) is 0.273. The number of benzene rings is 1. The molecule has 9 nitrogen and oxygen atoms in total. The van der Waals surface area contributed by atoms with Crippen molar-refractivity contribution in [3.63, 3.8) is 0 Å². The Labute approximate surface area is 178 Å². The lowest BCUT2D eigenvalue weighted by Gasteiger charge is -2.32. The molecule has 1 fully saturated rings. The van der Waals surface area contributed by atoms with Gasteiger partial charge >= 0.3 is 0 Å². The van der Waals surface area contributed by atoms with Crippen LogP contribution in [0.1, 0.15) is 17.9 Å². The molecule has 3 amide bonds. The average Bonchev–Trinajstić information content (AvgIpc) is 3.27. The third-order valence-corrected chi connectivity index (χ3v) is 4.99. The summed E-state index contributed by atoms with van der Waals surface area (Å²) in [7, 11) is 0. The molecule has 0 N–H and O–H groups in total. The zero-order chi connectivity index (χ0) is 21.6. The van der Waals surface area contributed by atoms with Crippen molar-refractivity contribution in [3.05, 3.63) is 66.2 Å². The number of nitrogens with zero attached hydrogens (tertiary/aromatic N) is 5. The van der Waals surface area contributed by atoms with Crippen LogP contribution in [0, 0.1) is 0 Å². The number of carbonyl (C=O) groups is 3. The maximum Gasteiger partial charge on any atom is 0.248 e. The Morgan fingerprint density at radius 2 is 1.71 bits per heavy atom. The van der Waals surface area contributed by atoms with Gasteiger partial charge in [-0.25, -0.2) is 0 Å². The summed E-state index contributed by atoms with van der Waals surface area (Å²) in [5, 5.41) is 3.87. The van der Waals surface area contributed by atoms with E-state index in [9.17, 15) is 14.4 Å². The largest absolute Gasteiger partial charge is 0.339 e. The lowest BCUT2D eigenvalue weighted by Crippen LogP contribution is -2.56. The van der Waals surface area contributed by atoms with Gasteiger partial charge in [0.2, 0.25) is 29.4 Å². The van der Waals surface area contributed by atoms with Crippen LogP contribution in [-0.4, -0.2) is 62.3 Å². The monoisotopic (exact) mass is 419 g/mol. The molecule has 0 unspecified atom stereocenters. The zero-order valence-corrected chi connectivity index (χ0v) is 16.8. The molecule has 4 rings (SSSR count). The van der Waals surface area contributed by atoms with Crippen LogP contribution in [0.25, 0.3) is 11.5 Å². The van der Waals surface area contributed by atoms with Crippen molar-refractivity contribution in [2.24, 2.45) is 0 Å². The fourth-order valence-electron chi connectivity index (χ4n) is 3.33. The summed E-state index contributed by atoms with van der Waals surface area (Å²) in [4.78, 5) is 48.3. The van der Waals surface area contributed by atoms with Gasteiger partial charge in [-0.15, -0.1) is 0 Å². The molecule has 9 heteroatoms. The molecule has 1 aliphatic heterocycles. The predicted molar refractivity (Wildman–Crippen MR) is 109 cm³/mol. The van der Waals surface area contributed by atoms with E-state index in [0.717, 1.165) is 5.56 Å². The molecule has 2 aromatic heterocycles. The van der Waals surface area contributed by atoms with Gasteiger partial charge in [-0.05, 0) is 24.1 Å². The molecule has 0 atom stereocenters. The Balaban J connectivity index is 1.28. The van der Waals surface area contributed by atoms with Crippen molar-refractivity contribution < 1.29 is 18.9 Å². The number of aryl methyl sites for hydroxylation is 1.